The Morgan fingerprint density at radius 3 is 2.71 bits per heavy atom. The number of hydrogen-bond acceptors (Lipinski definition) is 5. The quantitative estimate of drug-likeness (QED) is 0.578. The van der Waals surface area contributed by atoms with Gasteiger partial charge in [0.2, 0.25) is 0 Å². The van der Waals surface area contributed by atoms with Gasteiger partial charge in [0.15, 0.2) is 17.3 Å². The molecule has 0 atom stereocenters. The van der Waals surface area contributed by atoms with Crippen molar-refractivity contribution < 1.29 is 23.4 Å². The van der Waals surface area contributed by atoms with Crippen LogP contribution < -0.4 is 9.47 Å². The summed E-state index contributed by atoms with van der Waals surface area (Å²) in [4.78, 5) is 13.5. The second-order valence-corrected chi connectivity index (χ2v) is 7.29. The Kier molecular flexibility index (Phi) is 4.85. The Labute approximate surface area is 166 Å². The average molecular weight is 401 g/mol. The summed E-state index contributed by atoms with van der Waals surface area (Å²) >= 11 is 1.57. The molecule has 0 aliphatic carbocycles. The molecule has 0 fully saturated rings. The first-order chi connectivity index (χ1) is 13.6. The van der Waals surface area contributed by atoms with Gasteiger partial charge in [-0.15, -0.1) is 11.3 Å². The van der Waals surface area contributed by atoms with Crippen LogP contribution in [0.3, 0.4) is 0 Å². The predicted molar refractivity (Wildman–Crippen MR) is 106 cm³/mol. The molecule has 1 aliphatic rings. The van der Waals surface area contributed by atoms with Crippen molar-refractivity contribution in [2.45, 2.75) is 19.9 Å². The van der Waals surface area contributed by atoms with Gasteiger partial charge in [0.05, 0.1) is 26.5 Å². The maximum Gasteiger partial charge on any atom is 0.354 e. The van der Waals surface area contributed by atoms with E-state index in [9.17, 15) is 4.79 Å². The van der Waals surface area contributed by atoms with Crippen LogP contribution in [-0.4, -0.2) is 31.4 Å². The number of fused-ring (bicyclic) bond motifs is 3. The monoisotopic (exact) mass is 401 g/mol. The van der Waals surface area contributed by atoms with Crippen molar-refractivity contribution in [1.29, 1.82) is 0 Å². The fourth-order valence-electron chi connectivity index (χ4n) is 3.73. The highest BCUT2D eigenvalue weighted by Crippen LogP contribution is 2.46. The van der Waals surface area contributed by atoms with Crippen molar-refractivity contribution >= 4 is 17.3 Å². The Balaban J connectivity index is 2.01. The van der Waals surface area contributed by atoms with Crippen molar-refractivity contribution in [2.24, 2.45) is 0 Å². The van der Waals surface area contributed by atoms with E-state index in [2.05, 4.69) is 0 Å². The minimum absolute atomic E-state index is 0.101. The molecule has 0 N–H and O–H groups in total. The lowest BCUT2D eigenvalue weighted by molar-refractivity contribution is 0.0514. The summed E-state index contributed by atoms with van der Waals surface area (Å²) in [6.07, 6.45) is 0.444. The van der Waals surface area contributed by atoms with Crippen LogP contribution in [-0.2, 0) is 17.7 Å². The minimum atomic E-state index is -0.417. The zero-order chi connectivity index (χ0) is 19.8. The molecule has 28 heavy (non-hydrogen) atoms. The molecule has 146 valence electrons. The van der Waals surface area contributed by atoms with Gasteiger partial charge in [-0.25, -0.2) is 9.18 Å². The number of rotatable bonds is 5. The molecule has 0 spiro atoms. The summed E-state index contributed by atoms with van der Waals surface area (Å²) in [5, 5.41) is 1.97. The number of benzene rings is 1. The van der Waals surface area contributed by atoms with Crippen LogP contribution >= 0.6 is 11.3 Å². The Morgan fingerprint density at radius 2 is 2.07 bits per heavy atom. The van der Waals surface area contributed by atoms with Crippen molar-refractivity contribution in [3.8, 4) is 33.2 Å². The number of carbonyl (C=O) groups is 1. The minimum Gasteiger partial charge on any atom is -0.493 e. The van der Waals surface area contributed by atoms with Crippen LogP contribution in [0.1, 0.15) is 23.0 Å². The van der Waals surface area contributed by atoms with E-state index in [1.807, 2.05) is 28.1 Å². The fraction of sp³-hybridized carbons (Fsp3) is 0.286. The standard InChI is InChI=1S/C21H20FNO4S/c1-4-27-21(24)15-10-14(17-6-5-9-28-17)19-13-11-16(25-2)20(26-3)18(22)12(13)7-8-23(15)19/h5-6,9-11H,4,7-8H2,1-3H3. The summed E-state index contributed by atoms with van der Waals surface area (Å²) in [5.74, 6) is -0.372. The van der Waals surface area contributed by atoms with E-state index in [1.165, 1.54) is 14.2 Å². The Hall–Kier alpha value is -2.80. The molecule has 2 aromatic heterocycles. The molecule has 3 heterocycles. The molecule has 0 saturated heterocycles. The van der Waals surface area contributed by atoms with Gasteiger partial charge in [0.1, 0.15) is 5.69 Å². The highest BCUT2D eigenvalue weighted by atomic mass is 32.1. The number of hydrogen-bond donors (Lipinski definition) is 0. The normalized spacial score (nSPS) is 12.3. The van der Waals surface area contributed by atoms with Crippen LogP contribution in [0.2, 0.25) is 0 Å². The number of halogens is 1. The summed E-state index contributed by atoms with van der Waals surface area (Å²) < 4.78 is 32.9. The highest BCUT2D eigenvalue weighted by Gasteiger charge is 2.31. The van der Waals surface area contributed by atoms with Crippen LogP contribution in [0.25, 0.3) is 21.7 Å². The largest absolute Gasteiger partial charge is 0.493 e. The maximum atomic E-state index is 15.2. The molecule has 0 amide bonds. The summed E-state index contributed by atoms with van der Waals surface area (Å²) in [6.45, 7) is 2.55. The number of carbonyl (C=O) groups excluding carboxylic acids is 1. The van der Waals surface area contributed by atoms with Crippen molar-refractivity contribution in [1.82, 2.24) is 4.57 Å². The van der Waals surface area contributed by atoms with Crippen LogP contribution in [0, 0.1) is 5.82 Å². The number of methoxy groups -OCH3 is 2. The molecule has 0 radical (unpaired) electrons. The first-order valence-corrected chi connectivity index (χ1v) is 9.86. The van der Waals surface area contributed by atoms with E-state index in [-0.39, 0.29) is 11.7 Å². The van der Waals surface area contributed by atoms with Crippen molar-refractivity contribution in [2.75, 3.05) is 20.8 Å². The van der Waals surface area contributed by atoms with Gasteiger partial charge in [-0.2, -0.15) is 0 Å². The number of aromatic nitrogens is 1. The van der Waals surface area contributed by atoms with E-state index in [0.29, 0.717) is 42.1 Å². The molecule has 0 bridgehead atoms. The smallest absolute Gasteiger partial charge is 0.354 e. The zero-order valence-corrected chi connectivity index (χ0v) is 16.7. The second kappa shape index (κ2) is 7.31. The third-order valence-corrected chi connectivity index (χ3v) is 5.82. The van der Waals surface area contributed by atoms with Gasteiger partial charge in [-0.3, -0.25) is 0 Å². The van der Waals surface area contributed by atoms with Gasteiger partial charge >= 0.3 is 5.97 Å². The van der Waals surface area contributed by atoms with E-state index in [1.54, 1.807) is 24.3 Å². The molecule has 0 saturated carbocycles. The van der Waals surface area contributed by atoms with Crippen molar-refractivity contribution in [3.63, 3.8) is 0 Å². The van der Waals surface area contributed by atoms with E-state index in [0.717, 1.165) is 16.1 Å². The van der Waals surface area contributed by atoms with Crippen molar-refractivity contribution in [3.05, 3.63) is 46.7 Å². The van der Waals surface area contributed by atoms with Gasteiger partial charge in [0, 0.05) is 28.1 Å². The predicted octanol–water partition coefficient (Wildman–Crippen LogP) is 4.77. The summed E-state index contributed by atoms with van der Waals surface area (Å²) in [7, 11) is 2.91. The number of nitrogens with zero attached hydrogens (tertiary/aromatic N) is 1. The second-order valence-electron chi connectivity index (χ2n) is 6.34. The Bertz CT molecular complexity index is 1040. The van der Waals surface area contributed by atoms with Crippen LogP contribution in [0.15, 0.2) is 29.6 Å². The number of esters is 1. The fourth-order valence-corrected chi connectivity index (χ4v) is 4.48. The maximum absolute atomic E-state index is 15.2. The number of thiophene rings is 1. The molecule has 0 unspecified atom stereocenters. The molecule has 7 heteroatoms. The SMILES string of the molecule is CCOC(=O)c1cc(-c2cccs2)c2n1CCc1c-2cc(OC)c(OC)c1F. The molecular formula is C21H20FNO4S. The molecule has 4 rings (SSSR count). The van der Waals surface area contributed by atoms with Gasteiger partial charge in [-0.1, -0.05) is 6.07 Å². The molecule has 1 aromatic carbocycles. The van der Waals surface area contributed by atoms with E-state index < -0.39 is 5.82 Å². The zero-order valence-electron chi connectivity index (χ0n) is 15.9. The van der Waals surface area contributed by atoms with E-state index >= 15 is 4.39 Å². The third-order valence-electron chi connectivity index (χ3n) is 4.92. The molecule has 3 aromatic rings. The topological polar surface area (TPSA) is 49.7 Å². The highest BCUT2D eigenvalue weighted by molar-refractivity contribution is 7.13. The van der Waals surface area contributed by atoms with Crippen LogP contribution in [0.5, 0.6) is 11.5 Å². The average Bonchev–Trinajstić information content (AvgIpc) is 3.35. The Morgan fingerprint density at radius 1 is 1.25 bits per heavy atom. The lowest BCUT2D eigenvalue weighted by Gasteiger charge is -2.24. The first-order valence-electron chi connectivity index (χ1n) is 8.98. The number of ether oxygens (including phenoxy) is 3. The molecular weight excluding hydrogens is 381 g/mol. The molecule has 5 nitrogen and oxygen atoms in total. The summed E-state index contributed by atoms with van der Waals surface area (Å²) in [6, 6.07) is 7.56. The summed E-state index contributed by atoms with van der Waals surface area (Å²) in [5.41, 5.74) is 3.43. The van der Waals surface area contributed by atoms with Gasteiger partial charge in [-0.05, 0) is 36.9 Å². The third kappa shape index (κ3) is 2.77. The van der Waals surface area contributed by atoms with Gasteiger partial charge < -0.3 is 18.8 Å². The van der Waals surface area contributed by atoms with Crippen LogP contribution in [0.4, 0.5) is 4.39 Å². The molecule has 1 aliphatic heterocycles. The lowest BCUT2D eigenvalue weighted by atomic mass is 9.94. The van der Waals surface area contributed by atoms with E-state index in [4.69, 9.17) is 14.2 Å². The van der Waals surface area contributed by atoms with Gasteiger partial charge in [0.25, 0.3) is 0 Å². The lowest BCUT2D eigenvalue weighted by Crippen LogP contribution is -2.18. The first kappa shape index (κ1) is 18.6.